The number of nitrogens with zero attached hydrogens (tertiary/aromatic N) is 3. The predicted octanol–water partition coefficient (Wildman–Crippen LogP) is 1.87. The minimum Gasteiger partial charge on any atom is -0.394 e. The molecule has 1 saturated heterocycles. The molecule has 0 aliphatic carbocycles. The monoisotopic (exact) mass is 241 g/mol. The number of hydrogen-bond donors (Lipinski definition) is 1. The van der Waals surface area contributed by atoms with Crippen molar-refractivity contribution in [2.75, 3.05) is 18.1 Å². The van der Waals surface area contributed by atoms with Gasteiger partial charge in [-0.25, -0.2) is 4.98 Å². The SMILES string of the molecule is CC(C)c1nsc(N2CCC(C)C2CO)n1. The first-order valence-corrected chi connectivity index (χ1v) is 6.62. The van der Waals surface area contributed by atoms with Gasteiger partial charge in [-0.3, -0.25) is 0 Å². The molecular weight excluding hydrogens is 222 g/mol. The van der Waals surface area contributed by atoms with Gasteiger partial charge in [0.25, 0.3) is 0 Å². The lowest BCUT2D eigenvalue weighted by molar-refractivity contribution is 0.244. The van der Waals surface area contributed by atoms with Crippen LogP contribution in [-0.4, -0.2) is 33.7 Å². The fraction of sp³-hybridized carbons (Fsp3) is 0.818. The van der Waals surface area contributed by atoms with Crippen LogP contribution in [0.2, 0.25) is 0 Å². The molecule has 16 heavy (non-hydrogen) atoms. The number of aromatic nitrogens is 2. The zero-order chi connectivity index (χ0) is 11.7. The Morgan fingerprint density at radius 3 is 2.88 bits per heavy atom. The van der Waals surface area contributed by atoms with Crippen LogP contribution in [0.5, 0.6) is 0 Å². The minimum absolute atomic E-state index is 0.206. The Balaban J connectivity index is 2.17. The van der Waals surface area contributed by atoms with E-state index in [-0.39, 0.29) is 12.6 Å². The van der Waals surface area contributed by atoms with E-state index >= 15 is 0 Å². The molecule has 4 nitrogen and oxygen atoms in total. The summed E-state index contributed by atoms with van der Waals surface area (Å²) in [6, 6.07) is 0.216. The van der Waals surface area contributed by atoms with Crippen molar-refractivity contribution in [2.45, 2.75) is 39.2 Å². The molecule has 0 saturated carbocycles. The van der Waals surface area contributed by atoms with Gasteiger partial charge in [0.1, 0.15) is 5.82 Å². The Kier molecular flexibility index (Phi) is 3.44. The molecule has 2 unspecified atom stereocenters. The molecule has 0 bridgehead atoms. The summed E-state index contributed by atoms with van der Waals surface area (Å²) in [5, 5.41) is 10.4. The van der Waals surface area contributed by atoms with Crippen LogP contribution in [0.15, 0.2) is 0 Å². The van der Waals surface area contributed by atoms with Crippen LogP contribution in [0.25, 0.3) is 0 Å². The third-order valence-corrected chi connectivity index (χ3v) is 4.03. The van der Waals surface area contributed by atoms with Crippen molar-refractivity contribution in [1.82, 2.24) is 9.36 Å². The predicted molar refractivity (Wildman–Crippen MR) is 66.0 cm³/mol. The van der Waals surface area contributed by atoms with Gasteiger partial charge in [-0.1, -0.05) is 20.8 Å². The van der Waals surface area contributed by atoms with E-state index in [1.54, 1.807) is 0 Å². The molecule has 1 fully saturated rings. The van der Waals surface area contributed by atoms with E-state index < -0.39 is 0 Å². The smallest absolute Gasteiger partial charge is 0.205 e. The van der Waals surface area contributed by atoms with Crippen LogP contribution < -0.4 is 4.90 Å². The molecule has 1 aromatic heterocycles. The lowest BCUT2D eigenvalue weighted by Crippen LogP contribution is -2.35. The van der Waals surface area contributed by atoms with E-state index in [1.165, 1.54) is 11.5 Å². The summed E-state index contributed by atoms with van der Waals surface area (Å²) in [5.74, 6) is 1.82. The maximum atomic E-state index is 9.40. The zero-order valence-electron chi connectivity index (χ0n) is 10.1. The van der Waals surface area contributed by atoms with Crippen molar-refractivity contribution >= 4 is 16.7 Å². The first kappa shape index (κ1) is 11.8. The topological polar surface area (TPSA) is 49.2 Å². The van der Waals surface area contributed by atoms with Crippen molar-refractivity contribution in [3.8, 4) is 0 Å². The summed E-state index contributed by atoms with van der Waals surface area (Å²) in [7, 11) is 0. The molecule has 0 spiro atoms. The summed E-state index contributed by atoms with van der Waals surface area (Å²) >= 11 is 1.45. The molecule has 5 heteroatoms. The molecule has 1 aromatic rings. The van der Waals surface area contributed by atoms with Gasteiger partial charge in [0.2, 0.25) is 5.13 Å². The average molecular weight is 241 g/mol. The van der Waals surface area contributed by atoms with Crippen molar-refractivity contribution in [3.63, 3.8) is 0 Å². The Bertz CT molecular complexity index is 353. The van der Waals surface area contributed by atoms with E-state index in [9.17, 15) is 5.11 Å². The van der Waals surface area contributed by atoms with Crippen LogP contribution in [0.1, 0.15) is 38.9 Å². The first-order valence-electron chi connectivity index (χ1n) is 5.84. The summed E-state index contributed by atoms with van der Waals surface area (Å²) in [6.45, 7) is 7.58. The van der Waals surface area contributed by atoms with Crippen molar-refractivity contribution in [2.24, 2.45) is 5.92 Å². The Morgan fingerprint density at radius 1 is 1.56 bits per heavy atom. The number of hydrogen-bond acceptors (Lipinski definition) is 5. The van der Waals surface area contributed by atoms with E-state index in [0.717, 1.165) is 23.9 Å². The van der Waals surface area contributed by atoms with Crippen LogP contribution >= 0.6 is 11.5 Å². The third kappa shape index (κ3) is 2.06. The Hall–Kier alpha value is -0.680. The van der Waals surface area contributed by atoms with E-state index in [0.29, 0.717) is 11.8 Å². The molecule has 1 N–H and O–H groups in total. The van der Waals surface area contributed by atoms with Crippen LogP contribution in [0, 0.1) is 5.92 Å². The highest BCUT2D eigenvalue weighted by Crippen LogP contribution is 2.31. The Morgan fingerprint density at radius 2 is 2.31 bits per heavy atom. The number of aliphatic hydroxyl groups is 1. The second-order valence-electron chi connectivity index (χ2n) is 4.80. The summed E-state index contributed by atoms with van der Waals surface area (Å²) in [5.41, 5.74) is 0. The van der Waals surface area contributed by atoms with Crippen molar-refractivity contribution in [3.05, 3.63) is 5.82 Å². The standard InChI is InChI=1S/C11H19N3OS/c1-7(2)10-12-11(16-13-10)14-5-4-8(3)9(14)6-15/h7-9,15H,4-6H2,1-3H3. The quantitative estimate of drug-likeness (QED) is 0.877. The lowest BCUT2D eigenvalue weighted by atomic mass is 10.0. The number of anilines is 1. The average Bonchev–Trinajstić information content (AvgIpc) is 2.83. The number of rotatable bonds is 3. The third-order valence-electron chi connectivity index (χ3n) is 3.26. The van der Waals surface area contributed by atoms with Crippen molar-refractivity contribution in [1.29, 1.82) is 0 Å². The summed E-state index contributed by atoms with van der Waals surface area (Å²) in [4.78, 5) is 6.75. The second-order valence-corrected chi connectivity index (χ2v) is 5.53. The van der Waals surface area contributed by atoms with Crippen LogP contribution in [0.3, 0.4) is 0 Å². The largest absolute Gasteiger partial charge is 0.394 e. The highest BCUT2D eigenvalue weighted by molar-refractivity contribution is 7.09. The van der Waals surface area contributed by atoms with E-state index in [1.807, 2.05) is 0 Å². The number of aliphatic hydroxyl groups excluding tert-OH is 1. The van der Waals surface area contributed by atoms with Gasteiger partial charge in [-0.15, -0.1) is 0 Å². The fourth-order valence-corrected chi connectivity index (χ4v) is 2.99. The van der Waals surface area contributed by atoms with Gasteiger partial charge in [0.15, 0.2) is 0 Å². The molecular formula is C11H19N3OS. The van der Waals surface area contributed by atoms with Crippen LogP contribution in [0.4, 0.5) is 5.13 Å². The van der Waals surface area contributed by atoms with E-state index in [2.05, 4.69) is 35.0 Å². The molecule has 0 aromatic carbocycles. The highest BCUT2D eigenvalue weighted by atomic mass is 32.1. The summed E-state index contributed by atoms with van der Waals surface area (Å²) < 4.78 is 4.36. The second kappa shape index (κ2) is 4.67. The molecule has 0 radical (unpaired) electrons. The van der Waals surface area contributed by atoms with Gasteiger partial charge in [0.05, 0.1) is 12.6 Å². The maximum absolute atomic E-state index is 9.40. The molecule has 90 valence electrons. The normalized spacial score (nSPS) is 25.7. The lowest BCUT2D eigenvalue weighted by Gasteiger charge is -2.23. The van der Waals surface area contributed by atoms with Gasteiger partial charge in [-0.05, 0) is 12.3 Å². The maximum Gasteiger partial charge on any atom is 0.205 e. The Labute approximate surface area is 100 Å². The molecule has 2 atom stereocenters. The van der Waals surface area contributed by atoms with E-state index in [4.69, 9.17) is 0 Å². The van der Waals surface area contributed by atoms with Crippen LogP contribution in [-0.2, 0) is 0 Å². The fourth-order valence-electron chi connectivity index (χ4n) is 2.10. The van der Waals surface area contributed by atoms with Gasteiger partial charge >= 0.3 is 0 Å². The van der Waals surface area contributed by atoms with Crippen molar-refractivity contribution < 1.29 is 5.11 Å². The molecule has 1 aliphatic heterocycles. The zero-order valence-corrected chi connectivity index (χ0v) is 10.9. The molecule has 0 amide bonds. The summed E-state index contributed by atoms with van der Waals surface area (Å²) in [6.07, 6.45) is 1.13. The molecule has 1 aliphatic rings. The molecule has 2 rings (SSSR count). The van der Waals surface area contributed by atoms with Gasteiger partial charge in [0, 0.05) is 24.0 Å². The van der Waals surface area contributed by atoms with Gasteiger partial charge in [-0.2, -0.15) is 4.37 Å². The highest BCUT2D eigenvalue weighted by Gasteiger charge is 2.32. The van der Waals surface area contributed by atoms with Gasteiger partial charge < -0.3 is 10.0 Å². The minimum atomic E-state index is 0.206. The first-order chi connectivity index (χ1) is 7.63. The molecule has 2 heterocycles.